The van der Waals surface area contributed by atoms with E-state index >= 15 is 0 Å². The summed E-state index contributed by atoms with van der Waals surface area (Å²) >= 11 is 0. The van der Waals surface area contributed by atoms with Gasteiger partial charge in [-0.15, -0.1) is 0 Å². The molecule has 2 aromatic rings. The van der Waals surface area contributed by atoms with Crippen LogP contribution in [0.25, 0.3) is 10.9 Å². The zero-order valence-corrected chi connectivity index (χ0v) is 15.3. The number of rotatable bonds is 7. The van der Waals surface area contributed by atoms with E-state index in [-0.39, 0.29) is 0 Å². The number of carbonyl (C=O) groups excluding carboxylic acids is 1. The molecule has 0 aliphatic carbocycles. The van der Waals surface area contributed by atoms with Crippen molar-refractivity contribution in [1.29, 1.82) is 0 Å². The Morgan fingerprint density at radius 2 is 2.00 bits per heavy atom. The van der Waals surface area contributed by atoms with E-state index in [0.717, 1.165) is 40.5 Å². The third kappa shape index (κ3) is 5.25. The van der Waals surface area contributed by atoms with Crippen molar-refractivity contribution < 1.29 is 18.8 Å². The lowest BCUT2D eigenvalue weighted by molar-refractivity contribution is -0.870. The van der Waals surface area contributed by atoms with Gasteiger partial charge in [0.1, 0.15) is 18.9 Å². The number of carbonyl (C=O) groups is 1. The molecule has 6 heteroatoms. The van der Waals surface area contributed by atoms with Crippen molar-refractivity contribution in [3.63, 3.8) is 0 Å². The van der Waals surface area contributed by atoms with Crippen LogP contribution < -0.4 is 4.74 Å². The molecule has 0 aliphatic heterocycles. The summed E-state index contributed by atoms with van der Waals surface area (Å²) in [5, 5.41) is 0.947. The minimum atomic E-state index is -0.657. The van der Waals surface area contributed by atoms with E-state index in [9.17, 15) is 4.79 Å². The number of nitrogens with zero attached hydrogens (tertiary/aromatic N) is 2. The van der Waals surface area contributed by atoms with Gasteiger partial charge in [-0.25, -0.2) is 4.79 Å². The number of hydrogen-bond acceptors (Lipinski definition) is 4. The quantitative estimate of drug-likeness (QED) is 0.480. The Bertz CT molecular complexity index is 686. The van der Waals surface area contributed by atoms with Crippen molar-refractivity contribution >= 4 is 17.1 Å². The molecule has 0 bridgehead atoms. The zero-order chi connectivity index (χ0) is 17.7. The van der Waals surface area contributed by atoms with Crippen molar-refractivity contribution in [3.8, 4) is 5.75 Å². The number of nitrogens with one attached hydrogen (secondary N) is 1. The molecular weight excluding hydrogens is 306 g/mol. The first-order valence-electron chi connectivity index (χ1n) is 8.15. The predicted molar refractivity (Wildman–Crippen MR) is 95.4 cm³/mol. The number of benzene rings is 1. The SMILES string of the molecule is CN(C)CCc1c[nH]c2cccc(OC(=O)OCC[N+](C)(C)C)c12. The number of aromatic nitrogens is 1. The summed E-state index contributed by atoms with van der Waals surface area (Å²) in [5.74, 6) is 0.540. The zero-order valence-electron chi connectivity index (χ0n) is 15.3. The summed E-state index contributed by atoms with van der Waals surface area (Å²) in [5.41, 5.74) is 2.09. The van der Waals surface area contributed by atoms with Crippen molar-refractivity contribution in [2.24, 2.45) is 0 Å². The molecule has 1 heterocycles. The van der Waals surface area contributed by atoms with Gasteiger partial charge in [-0.1, -0.05) is 6.07 Å². The molecule has 0 saturated carbocycles. The first-order valence-corrected chi connectivity index (χ1v) is 8.15. The van der Waals surface area contributed by atoms with Crippen LogP contribution in [0.2, 0.25) is 0 Å². The van der Waals surface area contributed by atoms with Crippen LogP contribution >= 0.6 is 0 Å². The van der Waals surface area contributed by atoms with Crippen LogP contribution in [0.4, 0.5) is 4.79 Å². The molecule has 132 valence electrons. The fraction of sp³-hybridized carbons (Fsp3) is 0.500. The highest BCUT2D eigenvalue weighted by Crippen LogP contribution is 2.29. The molecule has 1 N–H and O–H groups in total. The third-order valence-electron chi connectivity index (χ3n) is 3.75. The van der Waals surface area contributed by atoms with Gasteiger partial charge in [-0.3, -0.25) is 0 Å². The van der Waals surface area contributed by atoms with E-state index in [0.29, 0.717) is 12.4 Å². The van der Waals surface area contributed by atoms with E-state index in [2.05, 4.69) is 9.88 Å². The molecule has 0 atom stereocenters. The van der Waals surface area contributed by atoms with Gasteiger partial charge in [0.05, 0.1) is 21.1 Å². The van der Waals surface area contributed by atoms with Crippen LogP contribution in [-0.4, -0.2) is 75.5 Å². The van der Waals surface area contributed by atoms with Gasteiger partial charge >= 0.3 is 6.16 Å². The number of likely N-dealkylation sites (N-methyl/N-ethyl adjacent to an activating group) is 2. The van der Waals surface area contributed by atoms with Crippen LogP contribution in [0.1, 0.15) is 5.56 Å². The lowest BCUT2D eigenvalue weighted by Crippen LogP contribution is -2.38. The average Bonchev–Trinajstić information content (AvgIpc) is 2.88. The van der Waals surface area contributed by atoms with Crippen molar-refractivity contribution in [2.75, 3.05) is 54.9 Å². The molecule has 0 amide bonds. The second kappa shape index (κ2) is 7.68. The molecule has 0 unspecified atom stereocenters. The van der Waals surface area contributed by atoms with E-state index < -0.39 is 6.16 Å². The molecule has 2 rings (SSSR count). The molecule has 1 aromatic heterocycles. The fourth-order valence-electron chi connectivity index (χ4n) is 2.37. The number of aromatic amines is 1. The van der Waals surface area contributed by atoms with Gasteiger partial charge in [0.15, 0.2) is 0 Å². The summed E-state index contributed by atoms with van der Waals surface area (Å²) in [4.78, 5) is 17.3. The van der Waals surface area contributed by atoms with E-state index in [1.807, 2.05) is 53.6 Å². The van der Waals surface area contributed by atoms with Gasteiger partial charge in [0.25, 0.3) is 0 Å². The highest BCUT2D eigenvalue weighted by atomic mass is 16.7. The molecule has 0 saturated heterocycles. The lowest BCUT2D eigenvalue weighted by Gasteiger charge is -2.23. The Hall–Kier alpha value is -2.05. The maximum Gasteiger partial charge on any atom is 0.514 e. The first kappa shape index (κ1) is 18.3. The number of hydrogen-bond donors (Lipinski definition) is 1. The number of ether oxygens (including phenoxy) is 2. The second-order valence-electron chi connectivity index (χ2n) is 7.26. The number of quaternary nitrogens is 1. The van der Waals surface area contributed by atoms with E-state index in [1.54, 1.807) is 6.07 Å². The van der Waals surface area contributed by atoms with Gasteiger partial charge in [0.2, 0.25) is 0 Å². The summed E-state index contributed by atoms with van der Waals surface area (Å²) in [6.07, 6.45) is 2.20. The molecule has 1 aromatic carbocycles. The van der Waals surface area contributed by atoms with Crippen LogP contribution in [0.5, 0.6) is 5.75 Å². The summed E-state index contributed by atoms with van der Waals surface area (Å²) < 4.78 is 11.4. The van der Waals surface area contributed by atoms with Crippen LogP contribution in [0.15, 0.2) is 24.4 Å². The van der Waals surface area contributed by atoms with Crippen LogP contribution in [0, 0.1) is 0 Å². The lowest BCUT2D eigenvalue weighted by atomic mass is 10.1. The van der Waals surface area contributed by atoms with Crippen LogP contribution in [-0.2, 0) is 11.2 Å². The van der Waals surface area contributed by atoms with Crippen molar-refractivity contribution in [1.82, 2.24) is 9.88 Å². The largest absolute Gasteiger partial charge is 0.514 e. The second-order valence-corrected chi connectivity index (χ2v) is 7.26. The molecule has 0 spiro atoms. The number of H-pyrrole nitrogens is 1. The third-order valence-corrected chi connectivity index (χ3v) is 3.75. The standard InChI is InChI=1S/C18H28N3O3/c1-20(2)10-9-14-13-19-15-7-6-8-16(17(14)15)24-18(22)23-12-11-21(3,4)5/h6-8,13,19H,9-12H2,1-5H3/q+1. The monoisotopic (exact) mass is 334 g/mol. The molecule has 0 radical (unpaired) electrons. The normalized spacial score (nSPS) is 11.9. The average molecular weight is 334 g/mol. The first-order chi connectivity index (χ1) is 11.3. The molecule has 6 nitrogen and oxygen atoms in total. The number of fused-ring (bicyclic) bond motifs is 1. The Balaban J connectivity index is 2.08. The van der Waals surface area contributed by atoms with Crippen molar-refractivity contribution in [2.45, 2.75) is 6.42 Å². The summed E-state index contributed by atoms with van der Waals surface area (Å²) in [6, 6.07) is 5.64. The maximum atomic E-state index is 12.0. The Morgan fingerprint density at radius 3 is 2.67 bits per heavy atom. The molecule has 24 heavy (non-hydrogen) atoms. The molecule has 0 fully saturated rings. The minimum absolute atomic E-state index is 0.332. The van der Waals surface area contributed by atoms with Crippen LogP contribution in [0.3, 0.4) is 0 Å². The molecular formula is C18H28N3O3+. The maximum absolute atomic E-state index is 12.0. The van der Waals surface area contributed by atoms with E-state index in [4.69, 9.17) is 9.47 Å². The Morgan fingerprint density at radius 1 is 1.25 bits per heavy atom. The van der Waals surface area contributed by atoms with Gasteiger partial charge in [-0.05, 0) is 38.2 Å². The van der Waals surface area contributed by atoms with Gasteiger partial charge < -0.3 is 23.8 Å². The Labute approximate surface area is 143 Å². The summed E-state index contributed by atoms with van der Waals surface area (Å²) in [7, 11) is 10.2. The van der Waals surface area contributed by atoms with Gasteiger partial charge in [0, 0.05) is 23.6 Å². The Kier molecular flexibility index (Phi) is 5.85. The summed E-state index contributed by atoms with van der Waals surface area (Å²) in [6.45, 7) is 1.99. The smallest absolute Gasteiger partial charge is 0.428 e. The van der Waals surface area contributed by atoms with E-state index in [1.165, 1.54) is 0 Å². The minimum Gasteiger partial charge on any atom is -0.428 e. The molecule has 0 aliphatic rings. The topological polar surface area (TPSA) is 54.6 Å². The predicted octanol–water partition coefficient (Wildman–Crippen LogP) is 2.49. The van der Waals surface area contributed by atoms with Gasteiger partial charge in [-0.2, -0.15) is 0 Å². The highest BCUT2D eigenvalue weighted by molar-refractivity contribution is 5.90. The highest BCUT2D eigenvalue weighted by Gasteiger charge is 2.15. The van der Waals surface area contributed by atoms with Crippen molar-refractivity contribution in [3.05, 3.63) is 30.0 Å². The fourth-order valence-corrected chi connectivity index (χ4v) is 2.37.